The summed E-state index contributed by atoms with van der Waals surface area (Å²) in [5.41, 5.74) is 6.94. The number of aliphatic imine (C=N–C) groups is 1. The van der Waals surface area contributed by atoms with Gasteiger partial charge in [0.05, 0.1) is 5.69 Å². The van der Waals surface area contributed by atoms with E-state index in [9.17, 15) is 13.2 Å². The highest BCUT2D eigenvalue weighted by molar-refractivity contribution is 6.09. The molecule has 1 aromatic heterocycles. The molecule has 3 rings (SSSR count). The van der Waals surface area contributed by atoms with Crippen LogP contribution in [0.5, 0.6) is 0 Å². The summed E-state index contributed by atoms with van der Waals surface area (Å²) in [6.45, 7) is 0.374. The van der Waals surface area contributed by atoms with Crippen molar-refractivity contribution in [3.05, 3.63) is 30.1 Å². The van der Waals surface area contributed by atoms with Crippen LogP contribution in [0.15, 0.2) is 29.4 Å². The summed E-state index contributed by atoms with van der Waals surface area (Å²) in [5.74, 6) is 0.380. The standard InChI is InChI=1S/C14H16F3N5/c15-14(16,17)11-4-2-6-22(11)13-19-7-9(8-20-13)10-3-1-5-12(18)21-10/h1,3,5,7-8,11,13,19H,2,4,6H2,(H2,18,21)/t11-,13?/m0/s1. The topological polar surface area (TPSA) is 66.5 Å². The number of alkyl halides is 3. The number of hydrogen-bond donors (Lipinski definition) is 2. The van der Waals surface area contributed by atoms with Gasteiger partial charge in [0.15, 0.2) is 6.29 Å². The van der Waals surface area contributed by atoms with Crippen LogP contribution in [0.1, 0.15) is 18.5 Å². The SMILES string of the molecule is Nc1cccc(C2=CNC(N3CCC[C@H]3C(F)(F)F)N=C2)n1. The number of nitrogen functional groups attached to an aromatic ring is 1. The highest BCUT2D eigenvalue weighted by Gasteiger charge is 2.48. The quantitative estimate of drug-likeness (QED) is 0.876. The van der Waals surface area contributed by atoms with Crippen molar-refractivity contribution in [1.29, 1.82) is 0 Å². The molecule has 1 saturated heterocycles. The van der Waals surface area contributed by atoms with E-state index in [1.165, 1.54) is 11.1 Å². The number of allylic oxidation sites excluding steroid dienone is 1. The number of likely N-dealkylation sites (tertiary alicyclic amines) is 1. The van der Waals surface area contributed by atoms with Gasteiger partial charge in [-0.3, -0.25) is 9.89 Å². The monoisotopic (exact) mass is 311 g/mol. The molecule has 3 N–H and O–H groups in total. The highest BCUT2D eigenvalue weighted by atomic mass is 19.4. The molecule has 1 aromatic rings. The molecule has 22 heavy (non-hydrogen) atoms. The van der Waals surface area contributed by atoms with Gasteiger partial charge in [-0.25, -0.2) is 4.98 Å². The molecule has 5 nitrogen and oxygen atoms in total. The minimum atomic E-state index is -4.23. The second kappa shape index (κ2) is 5.60. The van der Waals surface area contributed by atoms with E-state index in [0.29, 0.717) is 30.1 Å². The maximum Gasteiger partial charge on any atom is 0.404 e. The summed E-state index contributed by atoms with van der Waals surface area (Å²) in [4.78, 5) is 9.71. The fraction of sp³-hybridized carbons (Fsp3) is 0.429. The second-order valence-electron chi connectivity index (χ2n) is 5.30. The molecule has 0 aliphatic carbocycles. The molecule has 0 bridgehead atoms. The van der Waals surface area contributed by atoms with Crippen molar-refractivity contribution < 1.29 is 13.2 Å². The Kier molecular flexibility index (Phi) is 3.78. The first-order chi connectivity index (χ1) is 10.4. The number of nitrogens with one attached hydrogen (secondary N) is 1. The number of nitrogens with zero attached hydrogens (tertiary/aromatic N) is 3. The largest absolute Gasteiger partial charge is 0.404 e. The van der Waals surface area contributed by atoms with E-state index in [0.717, 1.165) is 0 Å². The first kappa shape index (κ1) is 14.8. The predicted octanol–water partition coefficient (Wildman–Crippen LogP) is 1.99. The third kappa shape index (κ3) is 2.92. The fourth-order valence-corrected chi connectivity index (χ4v) is 2.76. The van der Waals surface area contributed by atoms with Crippen LogP contribution in [0, 0.1) is 0 Å². The molecular formula is C14H16F3N5. The van der Waals surface area contributed by atoms with E-state index < -0.39 is 18.5 Å². The normalized spacial score (nSPS) is 25.9. The van der Waals surface area contributed by atoms with Gasteiger partial charge in [-0.15, -0.1) is 0 Å². The summed E-state index contributed by atoms with van der Waals surface area (Å²) >= 11 is 0. The van der Waals surface area contributed by atoms with Crippen molar-refractivity contribution in [3.8, 4) is 0 Å². The van der Waals surface area contributed by atoms with Gasteiger partial charge in [-0.05, 0) is 25.0 Å². The van der Waals surface area contributed by atoms with Crippen molar-refractivity contribution in [3.63, 3.8) is 0 Å². The summed E-state index contributed by atoms with van der Waals surface area (Å²) in [7, 11) is 0. The lowest BCUT2D eigenvalue weighted by Gasteiger charge is -2.32. The van der Waals surface area contributed by atoms with E-state index >= 15 is 0 Å². The van der Waals surface area contributed by atoms with E-state index in [2.05, 4.69) is 15.3 Å². The Morgan fingerprint density at radius 3 is 2.77 bits per heavy atom. The van der Waals surface area contributed by atoms with Crippen LogP contribution in [0.2, 0.25) is 0 Å². The third-order valence-corrected chi connectivity index (χ3v) is 3.80. The first-order valence-corrected chi connectivity index (χ1v) is 7.00. The third-order valence-electron chi connectivity index (χ3n) is 3.80. The van der Waals surface area contributed by atoms with Gasteiger partial charge >= 0.3 is 6.18 Å². The van der Waals surface area contributed by atoms with E-state index in [1.807, 2.05) is 0 Å². The minimum Gasteiger partial charge on any atom is -0.384 e. The smallest absolute Gasteiger partial charge is 0.384 e. The van der Waals surface area contributed by atoms with Gasteiger partial charge in [0.25, 0.3) is 0 Å². The van der Waals surface area contributed by atoms with Gasteiger partial charge < -0.3 is 11.1 Å². The zero-order valence-electron chi connectivity index (χ0n) is 11.7. The molecule has 8 heteroatoms. The maximum atomic E-state index is 13.0. The van der Waals surface area contributed by atoms with E-state index in [-0.39, 0.29) is 6.42 Å². The molecule has 3 heterocycles. The summed E-state index contributed by atoms with van der Waals surface area (Å²) in [6, 6.07) is 3.75. The van der Waals surface area contributed by atoms with E-state index in [4.69, 9.17) is 5.73 Å². The molecule has 0 aromatic carbocycles. The van der Waals surface area contributed by atoms with Crippen LogP contribution in [0.3, 0.4) is 0 Å². The number of nitrogens with two attached hydrogens (primary N) is 1. The van der Waals surface area contributed by atoms with Crippen LogP contribution in [0.4, 0.5) is 19.0 Å². The lowest BCUT2D eigenvalue weighted by molar-refractivity contribution is -0.181. The molecule has 2 aliphatic heterocycles. The van der Waals surface area contributed by atoms with Crippen molar-refractivity contribution >= 4 is 17.6 Å². The van der Waals surface area contributed by atoms with Crippen LogP contribution in [-0.2, 0) is 0 Å². The molecular weight excluding hydrogens is 295 g/mol. The molecule has 118 valence electrons. The van der Waals surface area contributed by atoms with Crippen LogP contribution < -0.4 is 11.1 Å². The summed E-state index contributed by atoms with van der Waals surface area (Å²) in [5, 5.41) is 2.92. The van der Waals surface area contributed by atoms with Gasteiger partial charge in [0.1, 0.15) is 11.9 Å². The Bertz CT molecular complexity index is 611. The predicted molar refractivity (Wildman–Crippen MR) is 77.8 cm³/mol. The number of rotatable bonds is 2. The molecule has 2 aliphatic rings. The molecule has 0 spiro atoms. The maximum absolute atomic E-state index is 13.0. The number of hydrogen-bond acceptors (Lipinski definition) is 5. The molecule has 0 saturated carbocycles. The van der Waals surface area contributed by atoms with Gasteiger partial charge in [-0.2, -0.15) is 13.2 Å². The van der Waals surface area contributed by atoms with Crippen LogP contribution >= 0.6 is 0 Å². The van der Waals surface area contributed by atoms with Gasteiger partial charge in [0.2, 0.25) is 0 Å². The van der Waals surface area contributed by atoms with Crippen LogP contribution in [0.25, 0.3) is 5.57 Å². The van der Waals surface area contributed by atoms with Gasteiger partial charge in [0, 0.05) is 24.5 Å². The lowest BCUT2D eigenvalue weighted by atomic mass is 10.2. The average molecular weight is 311 g/mol. The molecule has 0 radical (unpaired) electrons. The Morgan fingerprint density at radius 2 is 2.14 bits per heavy atom. The Balaban J connectivity index is 1.73. The van der Waals surface area contributed by atoms with Crippen molar-refractivity contribution in [2.24, 2.45) is 4.99 Å². The zero-order valence-corrected chi connectivity index (χ0v) is 11.7. The van der Waals surface area contributed by atoms with Crippen molar-refractivity contribution in [2.75, 3.05) is 12.3 Å². The summed E-state index contributed by atoms with van der Waals surface area (Å²) in [6.07, 6.45) is -1.12. The Hall–Kier alpha value is -2.09. The zero-order chi connectivity index (χ0) is 15.7. The number of anilines is 1. The Labute approximate surface area is 125 Å². The average Bonchev–Trinajstić information content (AvgIpc) is 2.97. The number of aromatic nitrogens is 1. The molecule has 1 unspecified atom stereocenters. The van der Waals surface area contributed by atoms with Crippen LogP contribution in [-0.4, -0.2) is 41.2 Å². The second-order valence-corrected chi connectivity index (χ2v) is 5.30. The molecule has 0 amide bonds. The Morgan fingerprint density at radius 1 is 1.32 bits per heavy atom. The molecule has 2 atom stereocenters. The minimum absolute atomic E-state index is 0.116. The first-order valence-electron chi connectivity index (χ1n) is 7.00. The van der Waals surface area contributed by atoms with Crippen molar-refractivity contribution in [1.82, 2.24) is 15.2 Å². The molecule has 1 fully saturated rings. The van der Waals surface area contributed by atoms with Gasteiger partial charge in [-0.1, -0.05) is 6.07 Å². The van der Waals surface area contributed by atoms with Crippen molar-refractivity contribution in [2.45, 2.75) is 31.3 Å². The number of pyridine rings is 1. The lowest BCUT2D eigenvalue weighted by Crippen LogP contribution is -2.51. The highest BCUT2D eigenvalue weighted by Crippen LogP contribution is 2.34. The fourth-order valence-electron chi connectivity index (χ4n) is 2.76. The van der Waals surface area contributed by atoms with E-state index in [1.54, 1.807) is 24.4 Å². The summed E-state index contributed by atoms with van der Waals surface area (Å²) < 4.78 is 39.0. The number of halogens is 3.